The van der Waals surface area contributed by atoms with Crippen molar-refractivity contribution in [1.82, 2.24) is 0 Å². The molecule has 0 bridgehead atoms. The monoisotopic (exact) mass is 376 g/mol. The van der Waals surface area contributed by atoms with Crippen LogP contribution in [-0.4, -0.2) is 46.8 Å². The first-order valence-corrected chi connectivity index (χ1v) is 8.30. The molecule has 10 heteroatoms. The molecule has 0 aromatic rings. The van der Waals surface area contributed by atoms with Gasteiger partial charge >= 0.3 is 12.2 Å². The normalized spacial score (nSPS) is 33.9. The number of primary amides is 2. The quantitative estimate of drug-likeness (QED) is 0.639. The van der Waals surface area contributed by atoms with Crippen LogP contribution in [0.15, 0.2) is 0 Å². The molecule has 2 aliphatic heterocycles. The topological polar surface area (TPSA) is 142 Å². The van der Waals surface area contributed by atoms with Crippen molar-refractivity contribution in [2.24, 2.45) is 11.5 Å². The van der Waals surface area contributed by atoms with E-state index in [1.165, 1.54) is 0 Å². The van der Waals surface area contributed by atoms with Gasteiger partial charge in [-0.05, 0) is 41.5 Å². The highest BCUT2D eigenvalue weighted by Gasteiger charge is 2.64. The SMILES string of the molecule is CC1(C)OOC1(C)CC(COC(N)=O)(CC1(C)OOC1(C)C)OC(N)=O. The Labute approximate surface area is 152 Å². The molecule has 2 aliphatic rings. The van der Waals surface area contributed by atoms with Gasteiger partial charge in [-0.1, -0.05) is 0 Å². The molecule has 4 N–H and O–H groups in total. The Kier molecular flexibility index (Phi) is 4.95. The van der Waals surface area contributed by atoms with Gasteiger partial charge in [0.2, 0.25) is 0 Å². The Morgan fingerprint density at radius 1 is 0.808 bits per heavy atom. The fourth-order valence-electron chi connectivity index (χ4n) is 3.10. The summed E-state index contributed by atoms with van der Waals surface area (Å²) in [6, 6.07) is 0. The Balaban J connectivity index is 2.36. The van der Waals surface area contributed by atoms with Gasteiger partial charge in [-0.25, -0.2) is 29.1 Å². The number of ether oxygens (including phenoxy) is 2. The number of amides is 2. The Hall–Kier alpha value is -1.62. The fraction of sp³-hybridized carbons (Fsp3) is 0.875. The molecule has 0 aromatic heterocycles. The number of rotatable bonds is 7. The van der Waals surface area contributed by atoms with Crippen molar-refractivity contribution < 1.29 is 38.6 Å². The summed E-state index contributed by atoms with van der Waals surface area (Å²) in [5, 5.41) is 0. The van der Waals surface area contributed by atoms with Crippen LogP contribution < -0.4 is 11.5 Å². The average Bonchev–Trinajstić information content (AvgIpc) is 2.50. The lowest BCUT2D eigenvalue weighted by molar-refractivity contribution is -0.554. The van der Waals surface area contributed by atoms with E-state index in [0.29, 0.717) is 0 Å². The summed E-state index contributed by atoms with van der Waals surface area (Å²) < 4.78 is 10.4. The third-order valence-electron chi connectivity index (χ3n) is 5.53. The van der Waals surface area contributed by atoms with Gasteiger partial charge in [0.05, 0.1) is 0 Å². The minimum atomic E-state index is -1.37. The molecule has 0 aliphatic carbocycles. The lowest BCUT2D eigenvalue weighted by Gasteiger charge is -2.57. The van der Waals surface area contributed by atoms with Crippen LogP contribution >= 0.6 is 0 Å². The highest BCUT2D eigenvalue weighted by atomic mass is 17.3. The molecule has 10 nitrogen and oxygen atoms in total. The maximum atomic E-state index is 11.7. The van der Waals surface area contributed by atoms with Crippen LogP contribution in [0.3, 0.4) is 0 Å². The smallest absolute Gasteiger partial charge is 0.405 e. The van der Waals surface area contributed by atoms with Crippen molar-refractivity contribution in [3.63, 3.8) is 0 Å². The van der Waals surface area contributed by atoms with E-state index in [1.807, 2.05) is 27.7 Å². The molecule has 2 unspecified atom stereocenters. The molecule has 0 radical (unpaired) electrons. The van der Waals surface area contributed by atoms with Crippen LogP contribution in [0.5, 0.6) is 0 Å². The molecule has 26 heavy (non-hydrogen) atoms. The second-order valence-corrected chi connectivity index (χ2v) is 8.38. The Morgan fingerprint density at radius 2 is 1.23 bits per heavy atom. The van der Waals surface area contributed by atoms with Crippen molar-refractivity contribution >= 4 is 12.2 Å². The van der Waals surface area contributed by atoms with E-state index < -0.39 is 40.2 Å². The molecule has 2 amide bonds. The summed E-state index contributed by atoms with van der Waals surface area (Å²) in [4.78, 5) is 43.8. The van der Waals surface area contributed by atoms with Crippen LogP contribution in [0.1, 0.15) is 54.4 Å². The summed E-state index contributed by atoms with van der Waals surface area (Å²) >= 11 is 0. The van der Waals surface area contributed by atoms with E-state index in [0.717, 1.165) is 0 Å². The molecule has 2 saturated heterocycles. The van der Waals surface area contributed by atoms with Gasteiger partial charge in [0, 0.05) is 12.8 Å². The standard InChI is InChI=1S/C16H28N2O8/c1-12(2)14(5,25-23-12)7-16(22-11(18)20,9-21-10(17)19)8-15(6)13(3,4)24-26-15/h7-9H2,1-6H3,(H2,17,19)(H2,18,20). The van der Waals surface area contributed by atoms with Gasteiger partial charge < -0.3 is 20.9 Å². The largest absolute Gasteiger partial charge is 0.445 e. The van der Waals surface area contributed by atoms with Crippen LogP contribution in [-0.2, 0) is 29.0 Å². The van der Waals surface area contributed by atoms with Crippen molar-refractivity contribution in [1.29, 1.82) is 0 Å². The summed E-state index contributed by atoms with van der Waals surface area (Å²) in [7, 11) is 0. The molecule has 150 valence electrons. The summed E-state index contributed by atoms with van der Waals surface area (Å²) in [6.07, 6.45) is -1.79. The maximum Gasteiger partial charge on any atom is 0.405 e. The number of carbonyl (C=O) groups is 2. The summed E-state index contributed by atoms with van der Waals surface area (Å²) in [6.45, 7) is 10.6. The first-order chi connectivity index (χ1) is 11.7. The fourth-order valence-corrected chi connectivity index (χ4v) is 3.10. The van der Waals surface area contributed by atoms with Crippen molar-refractivity contribution in [2.45, 2.75) is 82.4 Å². The number of carbonyl (C=O) groups excluding carboxylic acids is 2. The molecule has 2 fully saturated rings. The van der Waals surface area contributed by atoms with Gasteiger partial charge in [0.15, 0.2) is 5.60 Å². The minimum Gasteiger partial charge on any atom is -0.445 e. The van der Waals surface area contributed by atoms with Crippen LogP contribution in [0.25, 0.3) is 0 Å². The molecule has 2 heterocycles. The van der Waals surface area contributed by atoms with Crippen molar-refractivity contribution in [3.8, 4) is 0 Å². The molecular weight excluding hydrogens is 348 g/mol. The second kappa shape index (κ2) is 6.22. The van der Waals surface area contributed by atoms with E-state index in [2.05, 4.69) is 0 Å². The first-order valence-electron chi connectivity index (χ1n) is 8.30. The highest BCUT2D eigenvalue weighted by Crippen LogP contribution is 2.51. The van der Waals surface area contributed by atoms with Crippen LogP contribution in [0.2, 0.25) is 0 Å². The predicted molar refractivity (Wildman–Crippen MR) is 87.5 cm³/mol. The maximum absolute atomic E-state index is 11.7. The molecular formula is C16H28N2O8. The average molecular weight is 376 g/mol. The summed E-state index contributed by atoms with van der Waals surface area (Å²) in [5.41, 5.74) is 6.03. The van der Waals surface area contributed by atoms with Crippen LogP contribution in [0.4, 0.5) is 9.59 Å². The van der Waals surface area contributed by atoms with E-state index in [-0.39, 0.29) is 19.4 Å². The molecule has 0 aromatic carbocycles. The predicted octanol–water partition coefficient (Wildman–Crippen LogP) is 1.69. The van der Waals surface area contributed by atoms with E-state index in [1.54, 1.807) is 13.8 Å². The van der Waals surface area contributed by atoms with Crippen molar-refractivity contribution in [2.75, 3.05) is 6.61 Å². The third-order valence-corrected chi connectivity index (χ3v) is 5.53. The zero-order valence-electron chi connectivity index (χ0n) is 16.0. The number of hydrogen-bond donors (Lipinski definition) is 2. The first kappa shape index (κ1) is 20.7. The Morgan fingerprint density at radius 3 is 1.46 bits per heavy atom. The van der Waals surface area contributed by atoms with Crippen LogP contribution in [0, 0.1) is 0 Å². The molecule has 0 spiro atoms. The molecule has 0 saturated carbocycles. The Bertz CT molecular complexity index is 561. The van der Waals surface area contributed by atoms with Crippen molar-refractivity contribution in [3.05, 3.63) is 0 Å². The lowest BCUT2D eigenvalue weighted by Crippen LogP contribution is -2.69. The molecule has 2 rings (SSSR count). The second-order valence-electron chi connectivity index (χ2n) is 8.38. The minimum absolute atomic E-state index is 0.123. The summed E-state index contributed by atoms with van der Waals surface area (Å²) in [5.74, 6) is 0. The zero-order valence-corrected chi connectivity index (χ0v) is 16.0. The molecule has 2 atom stereocenters. The zero-order chi connectivity index (χ0) is 20.0. The van der Waals surface area contributed by atoms with Gasteiger partial charge in [-0.2, -0.15) is 0 Å². The third kappa shape index (κ3) is 3.59. The van der Waals surface area contributed by atoms with Gasteiger partial charge in [-0.15, -0.1) is 0 Å². The lowest BCUT2D eigenvalue weighted by atomic mass is 9.70. The highest BCUT2D eigenvalue weighted by molar-refractivity contribution is 5.66. The van der Waals surface area contributed by atoms with E-state index >= 15 is 0 Å². The number of hydrogen-bond acceptors (Lipinski definition) is 8. The van der Waals surface area contributed by atoms with Gasteiger partial charge in [0.25, 0.3) is 0 Å². The van der Waals surface area contributed by atoms with Gasteiger partial charge in [-0.3, -0.25) is 0 Å². The van der Waals surface area contributed by atoms with E-state index in [9.17, 15) is 9.59 Å². The van der Waals surface area contributed by atoms with Gasteiger partial charge in [0.1, 0.15) is 29.0 Å². The number of nitrogens with two attached hydrogens (primary N) is 2. The van der Waals surface area contributed by atoms with E-state index in [4.69, 9.17) is 40.5 Å².